The minimum Gasteiger partial charge on any atom is -0.377 e. The van der Waals surface area contributed by atoms with Crippen LogP contribution < -0.4 is 0 Å². The third-order valence-corrected chi connectivity index (χ3v) is 5.10. The summed E-state index contributed by atoms with van der Waals surface area (Å²) in [5.41, 5.74) is 0. The summed E-state index contributed by atoms with van der Waals surface area (Å²) in [6.45, 7) is 2.94. The van der Waals surface area contributed by atoms with Gasteiger partial charge in [0.05, 0.1) is 12.7 Å². The van der Waals surface area contributed by atoms with E-state index in [1.807, 2.05) is 0 Å². The summed E-state index contributed by atoms with van der Waals surface area (Å²) in [5.74, 6) is 1.93. The van der Waals surface area contributed by atoms with Gasteiger partial charge in [0.15, 0.2) is 0 Å². The Morgan fingerprint density at radius 1 is 1.10 bits per heavy atom. The van der Waals surface area contributed by atoms with Gasteiger partial charge < -0.3 is 4.74 Å². The van der Waals surface area contributed by atoms with Gasteiger partial charge in [0.1, 0.15) is 0 Å². The predicted molar refractivity (Wildman–Crippen MR) is 82.3 cm³/mol. The predicted octanol–water partition coefficient (Wildman–Crippen LogP) is 5.72. The van der Waals surface area contributed by atoms with Crippen molar-refractivity contribution < 1.29 is 13.5 Å². The number of rotatable bonds is 5. The summed E-state index contributed by atoms with van der Waals surface area (Å²) in [6.07, 6.45) is 13.0. The van der Waals surface area contributed by atoms with E-state index in [4.69, 9.17) is 4.74 Å². The van der Waals surface area contributed by atoms with E-state index >= 15 is 0 Å². The van der Waals surface area contributed by atoms with Gasteiger partial charge in [0.2, 0.25) is 0 Å². The molecule has 1 saturated carbocycles. The SMILES string of the molecule is CC=CC1CCC(C2CCC(CCC=C(F)F)CC2)OC1. The van der Waals surface area contributed by atoms with E-state index in [-0.39, 0.29) is 0 Å². The Morgan fingerprint density at radius 2 is 1.86 bits per heavy atom. The molecule has 2 unspecified atom stereocenters. The van der Waals surface area contributed by atoms with Crippen LogP contribution in [0.1, 0.15) is 58.3 Å². The third-order valence-electron chi connectivity index (χ3n) is 5.10. The van der Waals surface area contributed by atoms with Gasteiger partial charge in [0, 0.05) is 5.92 Å². The third kappa shape index (κ3) is 5.54. The normalized spacial score (nSPS) is 34.0. The minimum atomic E-state index is -1.53. The first kappa shape index (κ1) is 16.7. The van der Waals surface area contributed by atoms with Crippen LogP contribution in [-0.4, -0.2) is 12.7 Å². The summed E-state index contributed by atoms with van der Waals surface area (Å²) < 4.78 is 30.1. The van der Waals surface area contributed by atoms with Gasteiger partial charge >= 0.3 is 0 Å². The highest BCUT2D eigenvalue weighted by Gasteiger charge is 2.30. The highest BCUT2D eigenvalue weighted by atomic mass is 19.3. The molecule has 2 fully saturated rings. The first-order chi connectivity index (χ1) is 10.2. The van der Waals surface area contributed by atoms with Gasteiger partial charge in [-0.1, -0.05) is 25.0 Å². The summed E-state index contributed by atoms with van der Waals surface area (Å²) in [6, 6.07) is 0. The molecule has 0 radical (unpaired) electrons. The van der Waals surface area contributed by atoms with Crippen LogP contribution in [0.15, 0.2) is 24.3 Å². The monoisotopic (exact) mass is 298 g/mol. The van der Waals surface area contributed by atoms with E-state index in [1.165, 1.54) is 38.5 Å². The summed E-state index contributed by atoms with van der Waals surface area (Å²) in [7, 11) is 0. The highest BCUT2D eigenvalue weighted by molar-refractivity contribution is 4.90. The van der Waals surface area contributed by atoms with E-state index in [2.05, 4.69) is 19.1 Å². The zero-order valence-corrected chi connectivity index (χ0v) is 13.1. The van der Waals surface area contributed by atoms with Crippen LogP contribution >= 0.6 is 0 Å². The number of halogens is 2. The Balaban J connectivity index is 1.66. The Bertz CT molecular complexity index is 344. The van der Waals surface area contributed by atoms with Crippen molar-refractivity contribution in [3.05, 3.63) is 24.3 Å². The molecule has 1 aliphatic carbocycles. The van der Waals surface area contributed by atoms with Crippen LogP contribution in [0.5, 0.6) is 0 Å². The van der Waals surface area contributed by atoms with Crippen molar-refractivity contribution in [1.29, 1.82) is 0 Å². The first-order valence-corrected chi connectivity index (χ1v) is 8.44. The average Bonchev–Trinajstić information content (AvgIpc) is 2.49. The van der Waals surface area contributed by atoms with Gasteiger partial charge in [-0.15, -0.1) is 0 Å². The van der Waals surface area contributed by atoms with Gasteiger partial charge in [-0.05, 0) is 63.4 Å². The van der Waals surface area contributed by atoms with Gasteiger partial charge in [-0.3, -0.25) is 0 Å². The van der Waals surface area contributed by atoms with Crippen LogP contribution in [0.2, 0.25) is 0 Å². The lowest BCUT2D eigenvalue weighted by atomic mass is 9.76. The van der Waals surface area contributed by atoms with E-state index in [0.717, 1.165) is 19.1 Å². The molecule has 0 aromatic rings. The van der Waals surface area contributed by atoms with Crippen LogP contribution in [0.3, 0.4) is 0 Å². The van der Waals surface area contributed by atoms with Crippen LogP contribution in [0.25, 0.3) is 0 Å². The quantitative estimate of drug-likeness (QED) is 0.589. The fraction of sp³-hybridized carbons (Fsp3) is 0.778. The number of hydrogen-bond acceptors (Lipinski definition) is 1. The smallest absolute Gasteiger partial charge is 0.266 e. The summed E-state index contributed by atoms with van der Waals surface area (Å²) in [5, 5.41) is 0. The Kier molecular flexibility index (Phi) is 6.88. The number of ether oxygens (including phenoxy) is 1. The molecule has 120 valence electrons. The molecule has 2 atom stereocenters. The van der Waals surface area contributed by atoms with Crippen molar-refractivity contribution in [2.45, 2.75) is 64.4 Å². The maximum atomic E-state index is 12.0. The van der Waals surface area contributed by atoms with Gasteiger partial charge in [-0.2, -0.15) is 8.78 Å². The largest absolute Gasteiger partial charge is 0.377 e. The maximum absolute atomic E-state index is 12.0. The standard InChI is InChI=1S/C18H28F2O/c1-2-4-15-9-12-17(21-13-15)16-10-7-14(8-11-16)5-3-6-18(19)20/h2,4,6,14-17H,3,5,7-13H2,1H3. The number of hydrogen-bond donors (Lipinski definition) is 0. The van der Waals surface area contributed by atoms with Crippen molar-refractivity contribution in [3.63, 3.8) is 0 Å². The molecular formula is C18H28F2O. The second kappa shape index (κ2) is 8.67. The van der Waals surface area contributed by atoms with E-state index in [9.17, 15) is 8.78 Å². The Morgan fingerprint density at radius 3 is 2.43 bits per heavy atom. The Hall–Kier alpha value is -0.700. The Labute approximate surface area is 127 Å². The van der Waals surface area contributed by atoms with Crippen molar-refractivity contribution in [3.8, 4) is 0 Å². The molecule has 1 saturated heterocycles. The van der Waals surface area contributed by atoms with Crippen molar-refractivity contribution >= 4 is 0 Å². The lowest BCUT2D eigenvalue weighted by Crippen LogP contribution is -2.33. The van der Waals surface area contributed by atoms with Crippen molar-refractivity contribution in [1.82, 2.24) is 0 Å². The van der Waals surface area contributed by atoms with Crippen molar-refractivity contribution in [2.24, 2.45) is 17.8 Å². The van der Waals surface area contributed by atoms with E-state index in [1.54, 1.807) is 0 Å². The van der Waals surface area contributed by atoms with Crippen LogP contribution in [-0.2, 0) is 4.74 Å². The number of allylic oxidation sites excluding steroid dienone is 2. The maximum Gasteiger partial charge on any atom is 0.266 e. The van der Waals surface area contributed by atoms with Crippen molar-refractivity contribution in [2.75, 3.05) is 6.61 Å². The zero-order chi connectivity index (χ0) is 15.1. The summed E-state index contributed by atoms with van der Waals surface area (Å²) in [4.78, 5) is 0. The molecule has 1 aliphatic heterocycles. The van der Waals surface area contributed by atoms with Crippen LogP contribution in [0, 0.1) is 17.8 Å². The van der Waals surface area contributed by atoms with E-state index in [0.29, 0.717) is 30.3 Å². The van der Waals surface area contributed by atoms with Crippen LogP contribution in [0.4, 0.5) is 8.78 Å². The molecule has 3 heteroatoms. The second-order valence-electron chi connectivity index (χ2n) is 6.59. The fourth-order valence-electron chi connectivity index (χ4n) is 3.86. The minimum absolute atomic E-state index is 0.440. The molecule has 0 spiro atoms. The van der Waals surface area contributed by atoms with Gasteiger partial charge in [-0.25, -0.2) is 0 Å². The topological polar surface area (TPSA) is 9.23 Å². The second-order valence-corrected chi connectivity index (χ2v) is 6.59. The first-order valence-electron chi connectivity index (χ1n) is 8.44. The molecule has 0 bridgehead atoms. The summed E-state index contributed by atoms with van der Waals surface area (Å²) >= 11 is 0. The lowest BCUT2D eigenvalue weighted by molar-refractivity contribution is -0.0493. The molecule has 21 heavy (non-hydrogen) atoms. The van der Waals surface area contributed by atoms with Gasteiger partial charge in [0.25, 0.3) is 6.08 Å². The zero-order valence-electron chi connectivity index (χ0n) is 13.1. The molecule has 0 N–H and O–H groups in total. The molecule has 2 rings (SSSR count). The molecular weight excluding hydrogens is 270 g/mol. The van der Waals surface area contributed by atoms with E-state index < -0.39 is 6.08 Å². The molecule has 1 heterocycles. The molecule has 0 aromatic heterocycles. The molecule has 2 aliphatic rings. The highest BCUT2D eigenvalue weighted by Crippen LogP contribution is 2.37. The fourth-order valence-corrected chi connectivity index (χ4v) is 3.86. The molecule has 0 amide bonds. The molecule has 1 nitrogen and oxygen atoms in total. The lowest BCUT2D eigenvalue weighted by Gasteiger charge is -2.37. The average molecular weight is 298 g/mol. The molecule has 0 aromatic carbocycles.